The molecule has 3 aromatic carbocycles. The van der Waals surface area contributed by atoms with E-state index in [1.165, 1.54) is 0 Å². The van der Waals surface area contributed by atoms with E-state index in [0.717, 1.165) is 16.9 Å². The number of carbonyl (C=O) groups excluding carboxylic acids is 2. The summed E-state index contributed by atoms with van der Waals surface area (Å²) in [6.07, 6.45) is 0.205. The van der Waals surface area contributed by atoms with Crippen LogP contribution in [0.5, 0.6) is 5.75 Å². The summed E-state index contributed by atoms with van der Waals surface area (Å²) in [5.74, 6) is 0.248. The first kappa shape index (κ1) is 22.1. The molecule has 3 aromatic rings. The second kappa shape index (κ2) is 10.4. The molecule has 0 heterocycles. The van der Waals surface area contributed by atoms with Crippen LogP contribution in [-0.4, -0.2) is 24.6 Å². The minimum absolute atomic E-state index is 0.205. The van der Waals surface area contributed by atoms with Crippen molar-refractivity contribution in [1.82, 2.24) is 5.43 Å². The van der Waals surface area contributed by atoms with Crippen LogP contribution < -0.4 is 15.5 Å². The third kappa shape index (κ3) is 6.42. The predicted octanol–water partition coefficient (Wildman–Crippen LogP) is 4.68. The minimum Gasteiger partial charge on any atom is -0.497 e. The maximum absolute atomic E-state index is 12.4. The van der Waals surface area contributed by atoms with Gasteiger partial charge in [-0.25, -0.2) is 5.43 Å². The molecule has 0 bridgehead atoms. The van der Waals surface area contributed by atoms with Crippen LogP contribution in [0.3, 0.4) is 0 Å². The molecule has 0 radical (unpaired) electrons. The Kier molecular flexibility index (Phi) is 7.40. The Morgan fingerprint density at radius 1 is 0.968 bits per heavy atom. The lowest BCUT2D eigenvalue weighted by Gasteiger charge is -2.08. The molecule has 31 heavy (non-hydrogen) atoms. The first-order valence-electron chi connectivity index (χ1n) is 9.58. The summed E-state index contributed by atoms with van der Waals surface area (Å²) in [5, 5.41) is 7.51. The van der Waals surface area contributed by atoms with Gasteiger partial charge in [0.15, 0.2) is 0 Å². The van der Waals surface area contributed by atoms with Crippen molar-refractivity contribution in [3.8, 4) is 5.75 Å². The molecule has 2 amide bonds. The Morgan fingerprint density at radius 2 is 1.68 bits per heavy atom. The van der Waals surface area contributed by atoms with E-state index in [4.69, 9.17) is 16.3 Å². The van der Waals surface area contributed by atoms with Crippen LogP contribution in [0.25, 0.3) is 0 Å². The summed E-state index contributed by atoms with van der Waals surface area (Å²) in [6.45, 7) is 1.78. The lowest BCUT2D eigenvalue weighted by Crippen LogP contribution is -2.21. The monoisotopic (exact) mass is 435 g/mol. The highest BCUT2D eigenvalue weighted by Crippen LogP contribution is 2.16. The van der Waals surface area contributed by atoms with Crippen molar-refractivity contribution in [3.05, 3.63) is 94.5 Å². The average molecular weight is 436 g/mol. The van der Waals surface area contributed by atoms with Crippen LogP contribution in [0, 0.1) is 0 Å². The van der Waals surface area contributed by atoms with Crippen molar-refractivity contribution in [2.45, 2.75) is 13.3 Å². The van der Waals surface area contributed by atoms with E-state index in [9.17, 15) is 9.59 Å². The zero-order valence-electron chi connectivity index (χ0n) is 17.2. The molecule has 0 fully saturated rings. The number of carbonyl (C=O) groups is 2. The van der Waals surface area contributed by atoms with Crippen molar-refractivity contribution in [2.24, 2.45) is 5.10 Å². The topological polar surface area (TPSA) is 79.8 Å². The van der Waals surface area contributed by atoms with E-state index in [-0.39, 0.29) is 18.2 Å². The van der Waals surface area contributed by atoms with Gasteiger partial charge in [0.2, 0.25) is 5.91 Å². The fourth-order valence-electron chi connectivity index (χ4n) is 2.83. The maximum Gasteiger partial charge on any atom is 0.255 e. The van der Waals surface area contributed by atoms with Crippen LogP contribution in [0.2, 0.25) is 5.02 Å². The molecular formula is C24H22ClN3O3. The molecule has 0 spiro atoms. The Labute approximate surface area is 185 Å². The van der Waals surface area contributed by atoms with Crippen LogP contribution in [-0.2, 0) is 11.2 Å². The second-order valence-electron chi connectivity index (χ2n) is 6.80. The maximum atomic E-state index is 12.4. The van der Waals surface area contributed by atoms with E-state index in [0.29, 0.717) is 22.0 Å². The minimum atomic E-state index is -0.262. The van der Waals surface area contributed by atoms with Gasteiger partial charge in [-0.1, -0.05) is 41.9 Å². The largest absolute Gasteiger partial charge is 0.497 e. The first-order chi connectivity index (χ1) is 14.9. The zero-order valence-corrected chi connectivity index (χ0v) is 17.9. The van der Waals surface area contributed by atoms with Crippen LogP contribution in [0.15, 0.2) is 77.9 Å². The van der Waals surface area contributed by atoms with Crippen LogP contribution in [0.4, 0.5) is 5.69 Å². The fraction of sp³-hybridized carbons (Fsp3) is 0.125. The third-order valence-corrected chi connectivity index (χ3v) is 4.73. The summed E-state index contributed by atoms with van der Waals surface area (Å²) in [4.78, 5) is 24.6. The number of anilines is 1. The van der Waals surface area contributed by atoms with E-state index >= 15 is 0 Å². The SMILES string of the molecule is COc1ccc(CC(=O)N/N=C(\C)c2cccc(NC(=O)c3cccc(Cl)c3)c2)cc1. The number of nitrogens with one attached hydrogen (secondary N) is 2. The number of hydrogen-bond donors (Lipinski definition) is 2. The number of nitrogens with zero attached hydrogens (tertiary/aromatic N) is 1. The predicted molar refractivity (Wildman–Crippen MR) is 123 cm³/mol. The van der Waals surface area contributed by atoms with Gasteiger partial charge in [-0.15, -0.1) is 0 Å². The number of halogens is 1. The molecule has 0 aliphatic carbocycles. The van der Waals surface area contributed by atoms with Crippen molar-refractivity contribution in [2.75, 3.05) is 12.4 Å². The van der Waals surface area contributed by atoms with Crippen molar-refractivity contribution in [1.29, 1.82) is 0 Å². The van der Waals surface area contributed by atoms with Gasteiger partial charge in [-0.2, -0.15) is 5.10 Å². The molecule has 0 unspecified atom stereocenters. The Hall–Kier alpha value is -3.64. The van der Waals surface area contributed by atoms with Crippen molar-refractivity contribution < 1.29 is 14.3 Å². The Morgan fingerprint density at radius 3 is 2.39 bits per heavy atom. The van der Waals surface area contributed by atoms with Gasteiger partial charge < -0.3 is 10.1 Å². The standard InChI is InChI=1S/C24H22ClN3O3/c1-16(27-28-23(29)13-17-9-11-22(31-2)12-10-17)18-5-4-8-21(15-18)26-24(30)19-6-3-7-20(25)14-19/h3-12,14-15H,13H2,1-2H3,(H,26,30)(H,28,29)/b27-16+. The highest BCUT2D eigenvalue weighted by Gasteiger charge is 2.08. The highest BCUT2D eigenvalue weighted by molar-refractivity contribution is 6.31. The number of rotatable bonds is 7. The summed E-state index contributed by atoms with van der Waals surface area (Å²) in [7, 11) is 1.59. The fourth-order valence-corrected chi connectivity index (χ4v) is 3.02. The number of hydrazone groups is 1. The lowest BCUT2D eigenvalue weighted by molar-refractivity contribution is -0.120. The van der Waals surface area contributed by atoms with E-state index < -0.39 is 0 Å². The van der Waals surface area contributed by atoms with Crippen LogP contribution in [0.1, 0.15) is 28.4 Å². The van der Waals surface area contributed by atoms with Gasteiger partial charge in [0.05, 0.1) is 19.2 Å². The Bertz CT molecular complexity index is 1110. The zero-order chi connectivity index (χ0) is 22.2. The van der Waals surface area contributed by atoms with Crippen molar-refractivity contribution in [3.63, 3.8) is 0 Å². The molecule has 2 N–H and O–H groups in total. The summed E-state index contributed by atoms with van der Waals surface area (Å²) < 4.78 is 5.11. The number of benzene rings is 3. The summed E-state index contributed by atoms with van der Waals surface area (Å²) in [6, 6.07) is 21.2. The van der Waals surface area contributed by atoms with Crippen LogP contribution >= 0.6 is 11.6 Å². The molecule has 6 nitrogen and oxygen atoms in total. The molecule has 3 rings (SSSR count). The van der Waals surface area contributed by atoms with Gasteiger partial charge in [0, 0.05) is 16.3 Å². The number of ether oxygens (including phenoxy) is 1. The number of methoxy groups -OCH3 is 1. The molecule has 0 saturated carbocycles. The number of hydrogen-bond acceptors (Lipinski definition) is 4. The van der Waals surface area contributed by atoms with E-state index in [2.05, 4.69) is 15.8 Å². The third-order valence-electron chi connectivity index (χ3n) is 4.50. The van der Waals surface area contributed by atoms with Gasteiger partial charge in [-0.05, 0) is 60.5 Å². The molecular weight excluding hydrogens is 414 g/mol. The molecule has 7 heteroatoms. The smallest absolute Gasteiger partial charge is 0.255 e. The molecule has 0 atom stereocenters. The summed E-state index contributed by atoms with van der Waals surface area (Å²) in [5.41, 5.74) is 5.89. The number of amides is 2. The molecule has 0 aromatic heterocycles. The molecule has 0 aliphatic heterocycles. The summed E-state index contributed by atoms with van der Waals surface area (Å²) >= 11 is 5.95. The van der Waals surface area contributed by atoms with E-state index in [1.807, 2.05) is 18.2 Å². The van der Waals surface area contributed by atoms with Gasteiger partial charge in [-0.3, -0.25) is 9.59 Å². The van der Waals surface area contributed by atoms with Crippen molar-refractivity contribution >= 4 is 34.8 Å². The molecule has 158 valence electrons. The second-order valence-corrected chi connectivity index (χ2v) is 7.24. The first-order valence-corrected chi connectivity index (χ1v) is 9.96. The average Bonchev–Trinajstić information content (AvgIpc) is 2.78. The van der Waals surface area contributed by atoms with E-state index in [1.54, 1.807) is 68.6 Å². The normalized spacial score (nSPS) is 11.0. The molecule has 0 saturated heterocycles. The Balaban J connectivity index is 1.61. The lowest BCUT2D eigenvalue weighted by atomic mass is 10.1. The molecule has 0 aliphatic rings. The quantitative estimate of drug-likeness (QED) is 0.417. The van der Waals surface area contributed by atoms with Gasteiger partial charge in [0.25, 0.3) is 5.91 Å². The highest BCUT2D eigenvalue weighted by atomic mass is 35.5. The van der Waals surface area contributed by atoms with Gasteiger partial charge >= 0.3 is 0 Å². The van der Waals surface area contributed by atoms with Gasteiger partial charge in [0.1, 0.15) is 5.75 Å².